The van der Waals surface area contributed by atoms with Gasteiger partial charge in [0.15, 0.2) is 0 Å². The van der Waals surface area contributed by atoms with Gasteiger partial charge in [0.25, 0.3) is 0 Å². The Morgan fingerprint density at radius 1 is 0.567 bits per heavy atom. The number of imidazole rings is 1. The zero-order chi connectivity index (χ0) is 19.7. The molecule has 1 N–H and O–H groups in total. The average molecular weight is 383 g/mol. The van der Waals surface area contributed by atoms with Crippen LogP contribution >= 0.6 is 0 Å². The van der Waals surface area contributed by atoms with Gasteiger partial charge in [-0.2, -0.15) is 0 Å². The molecule has 140 valence electrons. The summed E-state index contributed by atoms with van der Waals surface area (Å²) in [5.74, 6) is 0. The number of benzene rings is 5. The Kier molecular flexibility index (Phi) is 3.00. The Balaban J connectivity index is 1.58. The fraction of sp³-hybridized carbons (Fsp3) is 0. The number of hydrogen-bond acceptors (Lipinski definition) is 1. The van der Waals surface area contributed by atoms with Crippen LogP contribution in [-0.2, 0) is 0 Å². The lowest BCUT2D eigenvalue weighted by molar-refractivity contribution is 1.09. The van der Waals surface area contributed by atoms with Crippen LogP contribution in [0.4, 0.5) is 0 Å². The van der Waals surface area contributed by atoms with Crippen LogP contribution in [0.5, 0.6) is 0 Å². The molecule has 0 radical (unpaired) electrons. The highest BCUT2D eigenvalue weighted by atomic mass is 15.0. The van der Waals surface area contributed by atoms with Crippen molar-refractivity contribution in [3.8, 4) is 5.69 Å². The van der Waals surface area contributed by atoms with Crippen molar-refractivity contribution in [2.45, 2.75) is 0 Å². The van der Waals surface area contributed by atoms with E-state index in [1.807, 2.05) is 12.4 Å². The number of aromatic amines is 1. The lowest BCUT2D eigenvalue weighted by atomic mass is 9.97. The zero-order valence-corrected chi connectivity index (χ0v) is 16.1. The maximum atomic E-state index is 4.79. The Bertz CT molecular complexity index is 1740. The summed E-state index contributed by atoms with van der Waals surface area (Å²) in [6.45, 7) is 0. The van der Waals surface area contributed by atoms with Crippen molar-refractivity contribution in [1.29, 1.82) is 0 Å². The number of rotatable bonds is 1. The van der Waals surface area contributed by atoms with E-state index in [9.17, 15) is 0 Å². The number of aromatic nitrogens is 3. The molecule has 0 aliphatic heterocycles. The normalized spacial score (nSPS) is 12.0. The van der Waals surface area contributed by atoms with Crippen LogP contribution in [0.2, 0.25) is 0 Å². The van der Waals surface area contributed by atoms with Gasteiger partial charge >= 0.3 is 0 Å². The summed E-state index contributed by atoms with van der Waals surface area (Å²) in [4.78, 5) is 8.34. The van der Waals surface area contributed by atoms with Crippen LogP contribution < -0.4 is 0 Å². The van der Waals surface area contributed by atoms with Gasteiger partial charge in [-0.25, -0.2) is 4.98 Å². The summed E-state index contributed by atoms with van der Waals surface area (Å²) in [5.41, 5.74) is 5.65. The number of hydrogen-bond donors (Lipinski definition) is 1. The predicted molar refractivity (Wildman–Crippen MR) is 125 cm³/mol. The number of nitrogens with zero attached hydrogens (tertiary/aromatic N) is 2. The van der Waals surface area contributed by atoms with Crippen LogP contribution in [-0.4, -0.2) is 14.5 Å². The molecule has 0 bridgehead atoms. The van der Waals surface area contributed by atoms with E-state index in [2.05, 4.69) is 94.5 Å². The maximum absolute atomic E-state index is 4.79. The molecule has 0 saturated carbocycles. The molecule has 0 unspecified atom stereocenters. The minimum atomic E-state index is 1.04. The van der Waals surface area contributed by atoms with Gasteiger partial charge in [0.2, 0.25) is 0 Å². The molecular formula is C27H17N3. The third kappa shape index (κ3) is 2.01. The molecule has 0 spiro atoms. The van der Waals surface area contributed by atoms with Gasteiger partial charge in [-0.15, -0.1) is 0 Å². The summed E-state index contributed by atoms with van der Waals surface area (Å²) in [6, 6.07) is 32.2. The first-order valence-corrected chi connectivity index (χ1v) is 10.2. The second-order valence-corrected chi connectivity index (χ2v) is 7.80. The summed E-state index contributed by atoms with van der Waals surface area (Å²) in [7, 11) is 0. The zero-order valence-electron chi connectivity index (χ0n) is 16.1. The molecule has 0 amide bonds. The van der Waals surface area contributed by atoms with Gasteiger partial charge in [0.1, 0.15) is 6.33 Å². The SMILES string of the molecule is c1ccc(-n2cnc3c4ccc5c(ccc6[nH]c7ccccc7c65)c4ccc32)cc1. The maximum Gasteiger partial charge on any atom is 0.100 e. The van der Waals surface area contributed by atoms with Gasteiger partial charge < -0.3 is 4.98 Å². The first-order valence-electron chi connectivity index (χ1n) is 10.2. The highest BCUT2D eigenvalue weighted by molar-refractivity contribution is 6.26. The van der Waals surface area contributed by atoms with Crippen molar-refractivity contribution in [2.75, 3.05) is 0 Å². The van der Waals surface area contributed by atoms with Crippen molar-refractivity contribution < 1.29 is 0 Å². The Labute approximate surface area is 172 Å². The Hall–Kier alpha value is -4.11. The van der Waals surface area contributed by atoms with Crippen molar-refractivity contribution in [1.82, 2.24) is 14.5 Å². The largest absolute Gasteiger partial charge is 0.354 e. The quantitative estimate of drug-likeness (QED) is 0.305. The molecule has 0 aliphatic carbocycles. The van der Waals surface area contributed by atoms with Gasteiger partial charge in [-0.05, 0) is 46.5 Å². The van der Waals surface area contributed by atoms with E-state index < -0.39 is 0 Å². The molecule has 5 aromatic carbocycles. The number of nitrogens with one attached hydrogen (secondary N) is 1. The summed E-state index contributed by atoms with van der Waals surface area (Å²) < 4.78 is 2.15. The Morgan fingerprint density at radius 2 is 1.30 bits per heavy atom. The van der Waals surface area contributed by atoms with E-state index >= 15 is 0 Å². The molecular weight excluding hydrogens is 366 g/mol. The topological polar surface area (TPSA) is 33.6 Å². The van der Waals surface area contributed by atoms with Crippen molar-refractivity contribution >= 4 is 54.4 Å². The molecule has 7 rings (SSSR count). The van der Waals surface area contributed by atoms with Crippen LogP contribution in [0.1, 0.15) is 0 Å². The standard InChI is InChI=1S/C27H17N3/c1-2-6-17(7-3-1)30-16-28-27-21-11-10-20-18(19(21)13-15-25(27)30)12-14-24-26(20)22-8-4-5-9-23(22)29-24/h1-16,29H. The van der Waals surface area contributed by atoms with Crippen LogP contribution in [0.15, 0.2) is 97.3 Å². The fourth-order valence-corrected chi connectivity index (χ4v) is 4.85. The van der Waals surface area contributed by atoms with E-state index in [0.717, 1.165) is 16.7 Å². The second kappa shape index (κ2) is 5.71. The van der Waals surface area contributed by atoms with Crippen LogP contribution in [0, 0.1) is 0 Å². The number of para-hydroxylation sites is 2. The molecule has 0 saturated heterocycles. The van der Waals surface area contributed by atoms with Crippen molar-refractivity contribution in [3.63, 3.8) is 0 Å². The Morgan fingerprint density at radius 3 is 2.23 bits per heavy atom. The van der Waals surface area contributed by atoms with Crippen LogP contribution in [0.25, 0.3) is 60.1 Å². The molecule has 2 aromatic heterocycles. The average Bonchev–Trinajstić information content (AvgIpc) is 3.41. The predicted octanol–water partition coefficient (Wildman–Crippen LogP) is 6.97. The van der Waals surface area contributed by atoms with E-state index in [4.69, 9.17) is 4.98 Å². The third-order valence-corrected chi connectivity index (χ3v) is 6.21. The fourth-order valence-electron chi connectivity index (χ4n) is 4.85. The molecule has 3 heteroatoms. The minimum absolute atomic E-state index is 1.04. The summed E-state index contributed by atoms with van der Waals surface area (Å²) in [5, 5.41) is 7.53. The smallest absolute Gasteiger partial charge is 0.100 e. The first-order chi connectivity index (χ1) is 14.9. The number of fused-ring (bicyclic) bond motifs is 9. The highest BCUT2D eigenvalue weighted by Crippen LogP contribution is 2.37. The van der Waals surface area contributed by atoms with Gasteiger partial charge in [-0.3, -0.25) is 4.57 Å². The molecule has 3 nitrogen and oxygen atoms in total. The second-order valence-electron chi connectivity index (χ2n) is 7.80. The molecule has 0 fully saturated rings. The molecule has 7 aromatic rings. The van der Waals surface area contributed by atoms with Gasteiger partial charge in [0, 0.05) is 32.9 Å². The lowest BCUT2D eigenvalue weighted by Gasteiger charge is -2.08. The molecule has 0 aliphatic rings. The molecule has 30 heavy (non-hydrogen) atoms. The van der Waals surface area contributed by atoms with Gasteiger partial charge in [0.05, 0.1) is 11.0 Å². The van der Waals surface area contributed by atoms with E-state index in [-0.39, 0.29) is 0 Å². The van der Waals surface area contributed by atoms with E-state index in [1.165, 1.54) is 43.4 Å². The summed E-state index contributed by atoms with van der Waals surface area (Å²) in [6.07, 6.45) is 1.92. The monoisotopic (exact) mass is 383 g/mol. The minimum Gasteiger partial charge on any atom is -0.354 e. The molecule has 2 heterocycles. The van der Waals surface area contributed by atoms with Gasteiger partial charge in [-0.1, -0.05) is 60.7 Å². The summed E-state index contributed by atoms with van der Waals surface area (Å²) >= 11 is 0. The molecule has 0 atom stereocenters. The van der Waals surface area contributed by atoms with Crippen LogP contribution in [0.3, 0.4) is 0 Å². The number of H-pyrrole nitrogens is 1. The van der Waals surface area contributed by atoms with E-state index in [0.29, 0.717) is 0 Å². The third-order valence-electron chi connectivity index (χ3n) is 6.21. The lowest BCUT2D eigenvalue weighted by Crippen LogP contribution is -1.90. The highest BCUT2D eigenvalue weighted by Gasteiger charge is 2.13. The van der Waals surface area contributed by atoms with Crippen molar-refractivity contribution in [2.24, 2.45) is 0 Å². The van der Waals surface area contributed by atoms with E-state index in [1.54, 1.807) is 0 Å². The van der Waals surface area contributed by atoms with Crippen molar-refractivity contribution in [3.05, 3.63) is 97.3 Å². The first kappa shape index (κ1) is 15.8.